The molecule has 2 N–H and O–H groups in total. The monoisotopic (exact) mass is 298 g/mol. The van der Waals surface area contributed by atoms with Gasteiger partial charge in [-0.05, 0) is 24.1 Å². The van der Waals surface area contributed by atoms with E-state index in [1.165, 1.54) is 6.07 Å². The van der Waals surface area contributed by atoms with Crippen LogP contribution in [0.4, 0.5) is 0 Å². The van der Waals surface area contributed by atoms with Gasteiger partial charge in [-0.1, -0.05) is 37.3 Å². The van der Waals surface area contributed by atoms with Crippen molar-refractivity contribution in [2.75, 3.05) is 0 Å². The van der Waals surface area contributed by atoms with Gasteiger partial charge in [0.2, 0.25) is 0 Å². The molecule has 2 aromatic rings. The summed E-state index contributed by atoms with van der Waals surface area (Å²) in [5, 5.41) is 18.1. The van der Waals surface area contributed by atoms with E-state index >= 15 is 0 Å². The Morgan fingerprint density at radius 3 is 2.09 bits per heavy atom. The van der Waals surface area contributed by atoms with Crippen molar-refractivity contribution in [3.05, 3.63) is 70.3 Å². The number of benzene rings is 2. The van der Waals surface area contributed by atoms with Gasteiger partial charge in [-0.2, -0.15) is 0 Å². The molecule has 0 aromatic heterocycles. The summed E-state index contributed by atoms with van der Waals surface area (Å²) in [6, 6.07) is 10.7. The molecule has 0 bridgehead atoms. The van der Waals surface area contributed by atoms with E-state index in [-0.39, 0.29) is 16.9 Å². The number of aromatic carboxylic acids is 2. The second kappa shape index (κ2) is 6.22. The van der Waals surface area contributed by atoms with E-state index in [2.05, 4.69) is 0 Å². The van der Waals surface area contributed by atoms with Gasteiger partial charge in [0.15, 0.2) is 5.78 Å². The molecule has 2 aromatic carbocycles. The molecule has 5 heteroatoms. The first-order valence-electron chi connectivity index (χ1n) is 6.69. The molecule has 0 saturated heterocycles. The van der Waals surface area contributed by atoms with Crippen molar-refractivity contribution in [2.45, 2.75) is 13.3 Å². The molecule has 0 aliphatic rings. The summed E-state index contributed by atoms with van der Waals surface area (Å²) >= 11 is 0. The molecule has 0 spiro atoms. The van der Waals surface area contributed by atoms with Gasteiger partial charge in [0.25, 0.3) is 0 Å². The molecule has 0 aliphatic heterocycles. The molecule has 0 atom stereocenters. The van der Waals surface area contributed by atoms with Crippen LogP contribution in [-0.4, -0.2) is 27.9 Å². The summed E-state index contributed by atoms with van der Waals surface area (Å²) in [6.45, 7) is 1.92. The highest BCUT2D eigenvalue weighted by molar-refractivity contribution is 6.12. The predicted molar refractivity (Wildman–Crippen MR) is 79.6 cm³/mol. The van der Waals surface area contributed by atoms with Gasteiger partial charge in [-0.15, -0.1) is 0 Å². The Hall–Kier alpha value is -2.95. The minimum Gasteiger partial charge on any atom is -0.478 e. The standard InChI is InChI=1S/C17H14O5/c1-2-10-5-3-4-6-12(10)15(18)11-7-8-13(16(19)20)14(9-11)17(21)22/h3-9H,2H2,1H3,(H,19,20)(H,21,22). The van der Waals surface area contributed by atoms with Crippen LogP contribution in [0.15, 0.2) is 42.5 Å². The zero-order valence-electron chi connectivity index (χ0n) is 11.9. The SMILES string of the molecule is CCc1ccccc1C(=O)c1ccc(C(=O)O)c(C(=O)O)c1. The predicted octanol–water partition coefficient (Wildman–Crippen LogP) is 2.88. The van der Waals surface area contributed by atoms with E-state index in [1.54, 1.807) is 12.1 Å². The normalized spacial score (nSPS) is 10.2. The third-order valence-corrected chi connectivity index (χ3v) is 3.39. The number of ketones is 1. The second-order valence-corrected chi connectivity index (χ2v) is 4.71. The molecule has 0 radical (unpaired) electrons. The molecule has 5 nitrogen and oxygen atoms in total. The second-order valence-electron chi connectivity index (χ2n) is 4.71. The minimum atomic E-state index is -1.38. The van der Waals surface area contributed by atoms with Crippen LogP contribution in [0.3, 0.4) is 0 Å². The molecule has 0 amide bonds. The molecule has 0 fully saturated rings. The summed E-state index contributed by atoms with van der Waals surface area (Å²) in [4.78, 5) is 34.8. The summed E-state index contributed by atoms with van der Waals surface area (Å²) < 4.78 is 0. The number of carbonyl (C=O) groups is 3. The van der Waals surface area contributed by atoms with Gasteiger partial charge in [0.05, 0.1) is 11.1 Å². The molecule has 112 valence electrons. The van der Waals surface area contributed by atoms with Crippen LogP contribution >= 0.6 is 0 Å². The molecular formula is C17H14O5. The lowest BCUT2D eigenvalue weighted by molar-refractivity contribution is 0.0651. The van der Waals surface area contributed by atoms with E-state index in [1.807, 2.05) is 19.1 Å². The third-order valence-electron chi connectivity index (χ3n) is 3.39. The van der Waals surface area contributed by atoms with Gasteiger partial charge >= 0.3 is 11.9 Å². The number of carbonyl (C=O) groups excluding carboxylic acids is 1. The van der Waals surface area contributed by atoms with Crippen LogP contribution in [0.5, 0.6) is 0 Å². The molecule has 0 heterocycles. The Bertz CT molecular complexity index is 761. The lowest BCUT2D eigenvalue weighted by Crippen LogP contribution is -2.11. The quantitative estimate of drug-likeness (QED) is 0.828. The number of carboxylic acid groups (broad SMARTS) is 2. The van der Waals surface area contributed by atoms with Gasteiger partial charge < -0.3 is 10.2 Å². The number of aryl methyl sites for hydroxylation is 1. The van der Waals surface area contributed by atoms with Crippen molar-refractivity contribution in [2.24, 2.45) is 0 Å². The maximum absolute atomic E-state index is 12.5. The Morgan fingerprint density at radius 2 is 1.50 bits per heavy atom. The third kappa shape index (κ3) is 2.88. The van der Waals surface area contributed by atoms with E-state index in [0.29, 0.717) is 12.0 Å². The molecule has 0 unspecified atom stereocenters. The highest BCUT2D eigenvalue weighted by atomic mass is 16.4. The average molecular weight is 298 g/mol. The first kappa shape index (κ1) is 15.4. The van der Waals surface area contributed by atoms with Crippen molar-refractivity contribution in [1.29, 1.82) is 0 Å². The van der Waals surface area contributed by atoms with Gasteiger partial charge in [0, 0.05) is 11.1 Å². The molecular weight excluding hydrogens is 284 g/mol. The van der Waals surface area contributed by atoms with Crippen molar-refractivity contribution in [3.63, 3.8) is 0 Å². The first-order chi connectivity index (χ1) is 10.5. The smallest absolute Gasteiger partial charge is 0.336 e. The highest BCUT2D eigenvalue weighted by Crippen LogP contribution is 2.19. The number of hydrogen-bond acceptors (Lipinski definition) is 3. The zero-order valence-corrected chi connectivity index (χ0v) is 11.9. The van der Waals surface area contributed by atoms with Crippen molar-refractivity contribution < 1.29 is 24.6 Å². The molecule has 0 aliphatic carbocycles. The zero-order chi connectivity index (χ0) is 16.3. The lowest BCUT2D eigenvalue weighted by atomic mass is 9.94. The average Bonchev–Trinajstić information content (AvgIpc) is 2.53. The fourth-order valence-corrected chi connectivity index (χ4v) is 2.25. The maximum atomic E-state index is 12.5. The fourth-order valence-electron chi connectivity index (χ4n) is 2.25. The largest absolute Gasteiger partial charge is 0.478 e. The summed E-state index contributed by atoms with van der Waals surface area (Å²) in [5.41, 5.74) is 0.763. The first-order valence-corrected chi connectivity index (χ1v) is 6.69. The van der Waals surface area contributed by atoms with E-state index in [9.17, 15) is 14.4 Å². The fraction of sp³-hybridized carbons (Fsp3) is 0.118. The van der Waals surface area contributed by atoms with Gasteiger partial charge in [0.1, 0.15) is 0 Å². The minimum absolute atomic E-state index is 0.156. The van der Waals surface area contributed by atoms with Gasteiger partial charge in [-0.3, -0.25) is 4.79 Å². The van der Waals surface area contributed by atoms with Crippen molar-refractivity contribution in [1.82, 2.24) is 0 Å². The Balaban J connectivity index is 2.53. The Morgan fingerprint density at radius 1 is 0.864 bits per heavy atom. The van der Waals surface area contributed by atoms with Crippen molar-refractivity contribution in [3.8, 4) is 0 Å². The van der Waals surface area contributed by atoms with Gasteiger partial charge in [-0.25, -0.2) is 9.59 Å². The summed E-state index contributed by atoms with van der Waals surface area (Å²) in [6.07, 6.45) is 0.668. The van der Waals surface area contributed by atoms with Crippen LogP contribution < -0.4 is 0 Å². The van der Waals surface area contributed by atoms with Crippen LogP contribution in [0.2, 0.25) is 0 Å². The van der Waals surface area contributed by atoms with Crippen molar-refractivity contribution >= 4 is 17.7 Å². The Kier molecular flexibility index (Phi) is 4.36. The Labute approximate surface area is 126 Å². The number of hydrogen-bond donors (Lipinski definition) is 2. The van der Waals surface area contributed by atoms with Crippen LogP contribution in [-0.2, 0) is 6.42 Å². The maximum Gasteiger partial charge on any atom is 0.336 e. The summed E-state index contributed by atoms with van der Waals surface area (Å²) in [5.74, 6) is -3.04. The van der Waals surface area contributed by atoms with E-state index < -0.39 is 17.5 Å². The van der Waals surface area contributed by atoms with Crippen LogP contribution in [0.1, 0.15) is 49.1 Å². The van der Waals surface area contributed by atoms with Crippen LogP contribution in [0.25, 0.3) is 0 Å². The molecule has 2 rings (SSSR count). The van der Waals surface area contributed by atoms with Crippen LogP contribution in [0, 0.1) is 0 Å². The van der Waals surface area contributed by atoms with E-state index in [4.69, 9.17) is 10.2 Å². The van der Waals surface area contributed by atoms with E-state index in [0.717, 1.165) is 17.7 Å². The number of rotatable bonds is 5. The summed E-state index contributed by atoms with van der Waals surface area (Å²) in [7, 11) is 0. The topological polar surface area (TPSA) is 91.7 Å². The lowest BCUT2D eigenvalue weighted by Gasteiger charge is -2.08. The molecule has 0 saturated carbocycles. The number of carboxylic acids is 2. The molecule has 22 heavy (non-hydrogen) atoms. The highest BCUT2D eigenvalue weighted by Gasteiger charge is 2.20.